The minimum Gasteiger partial charge on any atom is -0.315 e. The minimum atomic E-state index is 0.779. The molecule has 0 aliphatic heterocycles. The maximum absolute atomic E-state index is 4.84. The van der Waals surface area contributed by atoms with Crippen LogP contribution in [0.25, 0.3) is 0 Å². The average Bonchev–Trinajstić information content (AvgIpc) is 2.99. The van der Waals surface area contributed by atoms with Crippen LogP contribution in [0.2, 0.25) is 0 Å². The van der Waals surface area contributed by atoms with Crippen LogP contribution >= 0.6 is 11.3 Å². The predicted molar refractivity (Wildman–Crippen MR) is 70.0 cm³/mol. The number of thiazole rings is 1. The molecule has 2 rings (SSSR count). The second-order valence-corrected chi connectivity index (χ2v) is 6.32. The lowest BCUT2D eigenvalue weighted by Gasteiger charge is -2.00. The van der Waals surface area contributed by atoms with Gasteiger partial charge in [-0.3, -0.25) is 0 Å². The Kier molecular flexibility index (Phi) is 3.98. The summed E-state index contributed by atoms with van der Waals surface area (Å²) >= 11 is 1.92. The Morgan fingerprint density at radius 2 is 2.19 bits per heavy atom. The molecular weight excluding hydrogens is 216 g/mol. The largest absolute Gasteiger partial charge is 0.315 e. The predicted octanol–water partition coefficient (Wildman–Crippen LogP) is 3.33. The standard InChI is InChI=1S/C13H22N2S/c1-9(2)4-7-12-15-13(10-5-6-10)11(16-12)8-14-3/h9-10,14H,4-8H2,1-3H3. The van der Waals surface area contributed by atoms with E-state index in [0.29, 0.717) is 0 Å². The van der Waals surface area contributed by atoms with E-state index in [-0.39, 0.29) is 0 Å². The number of rotatable bonds is 6. The zero-order valence-electron chi connectivity index (χ0n) is 10.5. The molecule has 0 saturated heterocycles. The van der Waals surface area contributed by atoms with Gasteiger partial charge in [-0.05, 0) is 38.6 Å². The molecule has 1 aliphatic carbocycles. The number of nitrogens with zero attached hydrogens (tertiary/aromatic N) is 1. The molecule has 0 unspecified atom stereocenters. The Bertz CT molecular complexity index is 340. The highest BCUT2D eigenvalue weighted by atomic mass is 32.1. The summed E-state index contributed by atoms with van der Waals surface area (Å²) in [4.78, 5) is 6.32. The van der Waals surface area contributed by atoms with Crippen LogP contribution in [0.1, 0.15) is 54.6 Å². The monoisotopic (exact) mass is 238 g/mol. The number of aryl methyl sites for hydroxylation is 1. The Morgan fingerprint density at radius 1 is 1.44 bits per heavy atom. The van der Waals surface area contributed by atoms with E-state index in [1.54, 1.807) is 0 Å². The van der Waals surface area contributed by atoms with E-state index in [4.69, 9.17) is 4.98 Å². The van der Waals surface area contributed by atoms with Crippen molar-refractivity contribution in [1.82, 2.24) is 10.3 Å². The van der Waals surface area contributed by atoms with Crippen LogP contribution in [-0.2, 0) is 13.0 Å². The van der Waals surface area contributed by atoms with Crippen LogP contribution in [0, 0.1) is 5.92 Å². The molecule has 1 aliphatic rings. The van der Waals surface area contributed by atoms with Crippen LogP contribution in [0.4, 0.5) is 0 Å². The van der Waals surface area contributed by atoms with Gasteiger partial charge in [0, 0.05) is 17.3 Å². The van der Waals surface area contributed by atoms with Crippen molar-refractivity contribution in [3.63, 3.8) is 0 Å². The molecule has 0 radical (unpaired) electrons. The summed E-state index contributed by atoms with van der Waals surface area (Å²) in [6, 6.07) is 0. The molecule has 16 heavy (non-hydrogen) atoms. The van der Waals surface area contributed by atoms with Gasteiger partial charge in [0.25, 0.3) is 0 Å². The highest BCUT2D eigenvalue weighted by Gasteiger charge is 2.29. The lowest BCUT2D eigenvalue weighted by molar-refractivity contribution is 0.585. The van der Waals surface area contributed by atoms with Gasteiger partial charge in [0.05, 0.1) is 10.7 Å². The van der Waals surface area contributed by atoms with Crippen molar-refractivity contribution in [2.24, 2.45) is 5.92 Å². The fourth-order valence-corrected chi connectivity index (χ4v) is 3.08. The quantitative estimate of drug-likeness (QED) is 0.822. The van der Waals surface area contributed by atoms with Crippen molar-refractivity contribution >= 4 is 11.3 Å². The fraction of sp³-hybridized carbons (Fsp3) is 0.769. The summed E-state index contributed by atoms with van der Waals surface area (Å²) in [6.07, 6.45) is 5.12. The maximum atomic E-state index is 4.84. The van der Waals surface area contributed by atoms with Gasteiger partial charge in [-0.25, -0.2) is 4.98 Å². The molecule has 0 aromatic carbocycles. The minimum absolute atomic E-state index is 0.779. The van der Waals surface area contributed by atoms with Crippen LogP contribution in [-0.4, -0.2) is 12.0 Å². The highest BCUT2D eigenvalue weighted by molar-refractivity contribution is 7.11. The number of hydrogen-bond acceptors (Lipinski definition) is 3. The van der Waals surface area contributed by atoms with E-state index in [1.165, 1.54) is 34.8 Å². The van der Waals surface area contributed by atoms with Gasteiger partial charge in [0.1, 0.15) is 0 Å². The summed E-state index contributed by atoms with van der Waals surface area (Å²) in [6.45, 7) is 5.55. The van der Waals surface area contributed by atoms with Crippen molar-refractivity contribution in [3.05, 3.63) is 15.6 Å². The van der Waals surface area contributed by atoms with Crippen molar-refractivity contribution in [3.8, 4) is 0 Å². The lowest BCUT2D eigenvalue weighted by Crippen LogP contribution is -2.05. The summed E-state index contributed by atoms with van der Waals surface area (Å²) < 4.78 is 0. The Balaban J connectivity index is 2.05. The SMILES string of the molecule is CNCc1sc(CCC(C)C)nc1C1CC1. The Labute approximate surface area is 102 Å². The molecule has 2 nitrogen and oxygen atoms in total. The van der Waals surface area contributed by atoms with Crippen LogP contribution in [0.5, 0.6) is 0 Å². The van der Waals surface area contributed by atoms with E-state index in [0.717, 1.165) is 24.8 Å². The maximum Gasteiger partial charge on any atom is 0.0931 e. The van der Waals surface area contributed by atoms with E-state index in [2.05, 4.69) is 19.2 Å². The normalized spacial score (nSPS) is 16.0. The van der Waals surface area contributed by atoms with Crippen molar-refractivity contribution in [2.75, 3.05) is 7.05 Å². The Morgan fingerprint density at radius 3 is 2.75 bits per heavy atom. The highest BCUT2D eigenvalue weighted by Crippen LogP contribution is 2.42. The smallest absolute Gasteiger partial charge is 0.0931 e. The van der Waals surface area contributed by atoms with Gasteiger partial charge in [0.2, 0.25) is 0 Å². The third kappa shape index (κ3) is 3.05. The van der Waals surface area contributed by atoms with Gasteiger partial charge in [0.15, 0.2) is 0 Å². The average molecular weight is 238 g/mol. The second kappa shape index (κ2) is 5.28. The third-order valence-electron chi connectivity index (χ3n) is 3.01. The number of aromatic nitrogens is 1. The van der Waals surface area contributed by atoms with Crippen molar-refractivity contribution in [2.45, 2.75) is 52.0 Å². The van der Waals surface area contributed by atoms with Crippen molar-refractivity contribution < 1.29 is 0 Å². The van der Waals surface area contributed by atoms with Gasteiger partial charge in [-0.15, -0.1) is 11.3 Å². The molecule has 0 spiro atoms. The molecule has 1 heterocycles. The van der Waals surface area contributed by atoms with E-state index < -0.39 is 0 Å². The van der Waals surface area contributed by atoms with Gasteiger partial charge >= 0.3 is 0 Å². The van der Waals surface area contributed by atoms with Crippen LogP contribution in [0.3, 0.4) is 0 Å². The fourth-order valence-electron chi connectivity index (χ4n) is 1.90. The molecule has 1 aromatic heterocycles. The molecule has 0 atom stereocenters. The molecule has 1 fully saturated rings. The van der Waals surface area contributed by atoms with Gasteiger partial charge in [-0.2, -0.15) is 0 Å². The van der Waals surface area contributed by atoms with E-state index >= 15 is 0 Å². The third-order valence-corrected chi connectivity index (χ3v) is 4.14. The lowest BCUT2D eigenvalue weighted by atomic mass is 10.1. The molecular formula is C13H22N2S. The molecule has 1 aromatic rings. The zero-order chi connectivity index (χ0) is 11.5. The summed E-state index contributed by atoms with van der Waals surface area (Å²) in [5, 5.41) is 4.60. The first-order valence-corrected chi connectivity index (χ1v) is 7.15. The zero-order valence-corrected chi connectivity index (χ0v) is 11.4. The molecule has 0 amide bonds. The first-order chi connectivity index (χ1) is 7.70. The van der Waals surface area contributed by atoms with Gasteiger partial charge in [-0.1, -0.05) is 13.8 Å². The van der Waals surface area contributed by atoms with Gasteiger partial charge < -0.3 is 5.32 Å². The molecule has 3 heteroatoms. The second-order valence-electron chi connectivity index (χ2n) is 5.15. The molecule has 0 bridgehead atoms. The van der Waals surface area contributed by atoms with Crippen molar-refractivity contribution in [1.29, 1.82) is 0 Å². The van der Waals surface area contributed by atoms with E-state index in [1.807, 2.05) is 18.4 Å². The van der Waals surface area contributed by atoms with Crippen LogP contribution < -0.4 is 5.32 Å². The first-order valence-electron chi connectivity index (χ1n) is 6.33. The molecule has 1 saturated carbocycles. The van der Waals surface area contributed by atoms with E-state index in [9.17, 15) is 0 Å². The summed E-state index contributed by atoms with van der Waals surface area (Å²) in [5.74, 6) is 1.56. The Hall–Kier alpha value is -0.410. The number of hydrogen-bond donors (Lipinski definition) is 1. The topological polar surface area (TPSA) is 24.9 Å². The summed E-state index contributed by atoms with van der Waals surface area (Å²) in [7, 11) is 2.02. The number of nitrogens with one attached hydrogen (secondary N) is 1. The molecule has 1 N–H and O–H groups in total. The summed E-state index contributed by atoms with van der Waals surface area (Å²) in [5.41, 5.74) is 1.40. The molecule has 90 valence electrons. The van der Waals surface area contributed by atoms with Crippen LogP contribution in [0.15, 0.2) is 0 Å². The first kappa shape index (κ1) is 12.1.